The minimum atomic E-state index is -0.480. The van der Waals surface area contributed by atoms with Crippen LogP contribution < -0.4 is 5.32 Å². The summed E-state index contributed by atoms with van der Waals surface area (Å²) in [6, 6.07) is 9.95. The predicted molar refractivity (Wildman–Crippen MR) is 95.0 cm³/mol. The number of aryl methyl sites for hydroxylation is 2. The number of nitro groups is 1. The molecule has 2 heterocycles. The number of hydrogen-bond donors (Lipinski definition) is 1. The number of carbonyl (C=O) groups excluding carboxylic acids is 1. The number of pyridine rings is 1. The van der Waals surface area contributed by atoms with Gasteiger partial charge in [0.05, 0.1) is 16.3 Å². The first-order valence-electron chi connectivity index (χ1n) is 8.03. The van der Waals surface area contributed by atoms with E-state index in [1.807, 2.05) is 25.1 Å². The molecule has 2 aromatic heterocycles. The summed E-state index contributed by atoms with van der Waals surface area (Å²) in [4.78, 5) is 27.9. The highest BCUT2D eigenvalue weighted by Gasteiger charge is 2.20. The SMILES string of the molecule is CCCc1nc2ccccn2c1C(=O)Nc1cc([N+](=O)[O-])ccc1C. The maximum Gasteiger partial charge on any atom is 0.274 e. The second-order valence-electron chi connectivity index (χ2n) is 5.80. The third-order valence-electron chi connectivity index (χ3n) is 3.98. The number of non-ortho nitro benzene ring substituents is 1. The zero-order valence-corrected chi connectivity index (χ0v) is 14.0. The van der Waals surface area contributed by atoms with Crippen molar-refractivity contribution in [2.45, 2.75) is 26.7 Å². The van der Waals surface area contributed by atoms with Gasteiger partial charge in [0, 0.05) is 18.3 Å². The molecular weight excluding hydrogens is 320 g/mol. The van der Waals surface area contributed by atoms with Gasteiger partial charge >= 0.3 is 0 Å². The summed E-state index contributed by atoms with van der Waals surface area (Å²) in [6.45, 7) is 3.82. The third-order valence-corrected chi connectivity index (χ3v) is 3.98. The first kappa shape index (κ1) is 16.6. The average Bonchev–Trinajstić information content (AvgIpc) is 2.95. The van der Waals surface area contributed by atoms with E-state index >= 15 is 0 Å². The van der Waals surface area contributed by atoms with E-state index in [0.717, 1.165) is 12.0 Å². The summed E-state index contributed by atoms with van der Waals surface area (Å²) in [7, 11) is 0. The number of fused-ring (bicyclic) bond motifs is 1. The molecule has 0 bridgehead atoms. The van der Waals surface area contributed by atoms with Gasteiger partial charge in [0.2, 0.25) is 0 Å². The van der Waals surface area contributed by atoms with E-state index in [1.165, 1.54) is 12.1 Å². The third kappa shape index (κ3) is 3.21. The van der Waals surface area contributed by atoms with E-state index in [2.05, 4.69) is 10.3 Å². The second-order valence-corrected chi connectivity index (χ2v) is 5.80. The minimum absolute atomic E-state index is 0.0622. The number of nitrogens with one attached hydrogen (secondary N) is 1. The maximum atomic E-state index is 12.9. The number of nitrogens with zero attached hydrogens (tertiary/aromatic N) is 3. The molecule has 0 atom stereocenters. The lowest BCUT2D eigenvalue weighted by Crippen LogP contribution is -2.17. The fourth-order valence-corrected chi connectivity index (χ4v) is 2.74. The van der Waals surface area contributed by atoms with Crippen LogP contribution in [0.1, 0.15) is 35.1 Å². The Hall–Kier alpha value is -3.22. The van der Waals surface area contributed by atoms with E-state index in [-0.39, 0.29) is 11.6 Å². The maximum absolute atomic E-state index is 12.9. The Kier molecular flexibility index (Phi) is 4.47. The Morgan fingerprint density at radius 3 is 2.84 bits per heavy atom. The molecule has 1 N–H and O–H groups in total. The van der Waals surface area contributed by atoms with Crippen molar-refractivity contribution in [3.05, 3.63) is 69.7 Å². The van der Waals surface area contributed by atoms with Crippen molar-refractivity contribution in [1.82, 2.24) is 9.38 Å². The first-order valence-corrected chi connectivity index (χ1v) is 8.03. The van der Waals surface area contributed by atoms with E-state index in [9.17, 15) is 14.9 Å². The smallest absolute Gasteiger partial charge is 0.274 e. The molecule has 0 spiro atoms. The molecule has 0 fully saturated rings. The molecule has 7 heteroatoms. The van der Waals surface area contributed by atoms with Crippen molar-refractivity contribution in [2.75, 3.05) is 5.32 Å². The molecule has 3 rings (SSSR count). The number of amides is 1. The lowest BCUT2D eigenvalue weighted by molar-refractivity contribution is -0.384. The molecular formula is C18H18N4O3. The van der Waals surface area contributed by atoms with Gasteiger partial charge in [0.25, 0.3) is 11.6 Å². The van der Waals surface area contributed by atoms with Gasteiger partial charge in [-0.1, -0.05) is 25.5 Å². The summed E-state index contributed by atoms with van der Waals surface area (Å²) in [5, 5.41) is 13.8. The predicted octanol–water partition coefficient (Wildman–Crippen LogP) is 3.76. The largest absolute Gasteiger partial charge is 0.320 e. The van der Waals surface area contributed by atoms with Crippen molar-refractivity contribution >= 4 is 22.9 Å². The fraction of sp³-hybridized carbons (Fsp3) is 0.222. The van der Waals surface area contributed by atoms with Gasteiger partial charge in [-0.2, -0.15) is 0 Å². The van der Waals surface area contributed by atoms with Crippen molar-refractivity contribution in [1.29, 1.82) is 0 Å². The highest BCUT2D eigenvalue weighted by Crippen LogP contribution is 2.23. The number of carbonyl (C=O) groups is 1. The standard InChI is InChI=1S/C18H18N4O3/c1-3-6-14-17(21-10-5-4-7-16(21)19-14)18(23)20-15-11-13(22(24)25)9-8-12(15)2/h4-5,7-11H,3,6H2,1-2H3,(H,20,23). The molecule has 0 aliphatic carbocycles. The summed E-state index contributed by atoms with van der Waals surface area (Å²) in [5.74, 6) is -0.328. The van der Waals surface area contributed by atoms with Crippen LogP contribution in [0.25, 0.3) is 5.65 Å². The van der Waals surface area contributed by atoms with Crippen molar-refractivity contribution < 1.29 is 9.72 Å². The van der Waals surface area contributed by atoms with Crippen LogP contribution in [-0.2, 0) is 6.42 Å². The lowest BCUT2D eigenvalue weighted by Gasteiger charge is -2.09. The van der Waals surface area contributed by atoms with Crippen LogP contribution in [0.2, 0.25) is 0 Å². The topological polar surface area (TPSA) is 89.5 Å². The Morgan fingerprint density at radius 2 is 2.12 bits per heavy atom. The first-order chi connectivity index (χ1) is 12.0. The van der Waals surface area contributed by atoms with Crippen molar-refractivity contribution in [2.24, 2.45) is 0 Å². The van der Waals surface area contributed by atoms with Gasteiger partial charge in [0.15, 0.2) is 0 Å². The number of aromatic nitrogens is 2. The van der Waals surface area contributed by atoms with Crippen molar-refractivity contribution in [3.63, 3.8) is 0 Å². The normalized spacial score (nSPS) is 10.8. The van der Waals surface area contributed by atoms with Crippen molar-refractivity contribution in [3.8, 4) is 0 Å². The van der Waals surface area contributed by atoms with Gasteiger partial charge in [0.1, 0.15) is 11.3 Å². The number of nitro benzene ring substituents is 1. The molecule has 7 nitrogen and oxygen atoms in total. The summed E-state index contributed by atoms with van der Waals surface area (Å²) >= 11 is 0. The van der Waals surface area contributed by atoms with E-state index in [1.54, 1.807) is 23.6 Å². The van der Waals surface area contributed by atoms with E-state index < -0.39 is 4.92 Å². The van der Waals surface area contributed by atoms with Gasteiger partial charge in [-0.3, -0.25) is 19.3 Å². The van der Waals surface area contributed by atoms with Crippen LogP contribution in [0.3, 0.4) is 0 Å². The monoisotopic (exact) mass is 338 g/mol. The molecule has 25 heavy (non-hydrogen) atoms. The molecule has 1 amide bonds. The number of hydrogen-bond acceptors (Lipinski definition) is 4. The minimum Gasteiger partial charge on any atom is -0.320 e. The average molecular weight is 338 g/mol. The molecule has 3 aromatic rings. The van der Waals surface area contributed by atoms with Crippen LogP contribution in [0.5, 0.6) is 0 Å². The molecule has 0 aliphatic heterocycles. The Labute approximate surface area is 144 Å². The van der Waals surface area contributed by atoms with Crippen LogP contribution in [0.15, 0.2) is 42.6 Å². The van der Waals surface area contributed by atoms with Crippen LogP contribution in [0.4, 0.5) is 11.4 Å². The molecule has 0 aliphatic rings. The van der Waals surface area contributed by atoms with Gasteiger partial charge in [-0.25, -0.2) is 4.98 Å². The Morgan fingerprint density at radius 1 is 1.32 bits per heavy atom. The Bertz CT molecular complexity index is 962. The second kappa shape index (κ2) is 6.72. The zero-order valence-electron chi connectivity index (χ0n) is 14.0. The van der Waals surface area contributed by atoms with Crippen LogP contribution >= 0.6 is 0 Å². The molecule has 128 valence electrons. The highest BCUT2D eigenvalue weighted by atomic mass is 16.6. The number of imidazole rings is 1. The lowest BCUT2D eigenvalue weighted by atomic mass is 10.1. The fourth-order valence-electron chi connectivity index (χ4n) is 2.74. The summed E-state index contributed by atoms with van der Waals surface area (Å²) in [6.07, 6.45) is 3.33. The molecule has 1 aromatic carbocycles. The molecule has 0 saturated heterocycles. The van der Waals surface area contributed by atoms with Gasteiger partial charge in [-0.05, 0) is 31.0 Å². The van der Waals surface area contributed by atoms with E-state index in [0.29, 0.717) is 29.1 Å². The number of rotatable bonds is 5. The molecule has 0 unspecified atom stereocenters. The molecule has 0 radical (unpaired) electrons. The number of benzene rings is 1. The summed E-state index contributed by atoms with van der Waals surface area (Å²) < 4.78 is 1.74. The summed E-state index contributed by atoms with van der Waals surface area (Å²) in [5.41, 5.74) is 3.00. The van der Waals surface area contributed by atoms with E-state index in [4.69, 9.17) is 0 Å². The van der Waals surface area contributed by atoms with Gasteiger partial charge < -0.3 is 5.32 Å². The highest BCUT2D eigenvalue weighted by molar-refractivity contribution is 6.05. The Balaban J connectivity index is 2.02. The quantitative estimate of drug-likeness (QED) is 0.566. The molecule has 0 saturated carbocycles. The van der Waals surface area contributed by atoms with Crippen LogP contribution in [0, 0.1) is 17.0 Å². The number of anilines is 1. The van der Waals surface area contributed by atoms with Gasteiger partial charge in [-0.15, -0.1) is 0 Å². The zero-order chi connectivity index (χ0) is 18.0. The van der Waals surface area contributed by atoms with Crippen LogP contribution in [-0.4, -0.2) is 20.2 Å².